The molecule has 0 radical (unpaired) electrons. The largest absolute Gasteiger partial charge is 0.299 e. The van der Waals surface area contributed by atoms with E-state index in [1.165, 1.54) is 25.7 Å². The smallest absolute Gasteiger partial charge is 0.139 e. The average molecular weight is 292 g/mol. The van der Waals surface area contributed by atoms with Crippen molar-refractivity contribution in [2.24, 2.45) is 34.5 Å². The molecule has 0 bridgehead atoms. The SMILES string of the molecule is C[C@]12CCCC[C@@H]1[C@@H](F)C[C@@H]1[C@@H]2CC[C@]2(C)C(=O)CC[C@@H]12. The molecule has 2 heteroatoms. The molecule has 4 saturated carbocycles. The van der Waals surface area contributed by atoms with E-state index in [1.54, 1.807) is 0 Å². The second-order valence-corrected chi connectivity index (χ2v) is 8.90. The molecule has 4 aliphatic carbocycles. The zero-order valence-electron chi connectivity index (χ0n) is 13.5. The Kier molecular flexibility index (Phi) is 3.08. The molecule has 0 aromatic rings. The Morgan fingerprint density at radius 3 is 2.62 bits per heavy atom. The maximum atomic E-state index is 14.9. The van der Waals surface area contributed by atoms with E-state index >= 15 is 0 Å². The van der Waals surface area contributed by atoms with Crippen LogP contribution in [0.25, 0.3) is 0 Å². The van der Waals surface area contributed by atoms with Crippen molar-refractivity contribution in [3.8, 4) is 0 Å². The minimum absolute atomic E-state index is 0.112. The molecule has 0 aromatic carbocycles. The van der Waals surface area contributed by atoms with E-state index in [-0.39, 0.29) is 10.8 Å². The van der Waals surface area contributed by atoms with E-state index in [0.29, 0.717) is 29.5 Å². The Bertz CT molecular complexity index is 460. The third-order valence-electron chi connectivity index (χ3n) is 8.25. The molecule has 0 aliphatic heterocycles. The standard InChI is InChI=1S/C19H29FO/c1-18-9-4-3-5-15(18)16(20)11-12-13-6-7-17(21)19(13,2)10-8-14(12)18/h12-16H,3-11H2,1-2H3/t12-,13-,14-,15+,16-,18+,19-/m0/s1. The van der Waals surface area contributed by atoms with Crippen LogP contribution in [0.5, 0.6) is 0 Å². The lowest BCUT2D eigenvalue weighted by Gasteiger charge is -2.60. The lowest BCUT2D eigenvalue weighted by molar-refractivity contribution is -0.148. The molecule has 0 N–H and O–H groups in total. The number of carbonyl (C=O) groups excluding carboxylic acids is 1. The number of halogens is 1. The van der Waals surface area contributed by atoms with Crippen LogP contribution in [-0.4, -0.2) is 12.0 Å². The summed E-state index contributed by atoms with van der Waals surface area (Å²) in [5.41, 5.74) is 0.103. The number of ketones is 1. The van der Waals surface area contributed by atoms with Crippen molar-refractivity contribution >= 4 is 5.78 Å². The zero-order chi connectivity index (χ0) is 14.8. The first-order chi connectivity index (χ1) is 9.97. The molecule has 0 unspecified atom stereocenters. The fraction of sp³-hybridized carbons (Fsp3) is 0.947. The van der Waals surface area contributed by atoms with Crippen LogP contribution in [0.3, 0.4) is 0 Å². The Hall–Kier alpha value is -0.400. The van der Waals surface area contributed by atoms with Gasteiger partial charge in [-0.2, -0.15) is 0 Å². The molecule has 4 fully saturated rings. The van der Waals surface area contributed by atoms with Gasteiger partial charge in [-0.15, -0.1) is 0 Å². The van der Waals surface area contributed by atoms with Gasteiger partial charge in [0.1, 0.15) is 12.0 Å². The average Bonchev–Trinajstić information content (AvgIpc) is 2.75. The first-order valence-electron chi connectivity index (χ1n) is 9.14. The van der Waals surface area contributed by atoms with E-state index in [1.807, 2.05) is 0 Å². The second kappa shape index (κ2) is 4.55. The highest BCUT2D eigenvalue weighted by atomic mass is 19.1. The van der Waals surface area contributed by atoms with Gasteiger partial charge < -0.3 is 0 Å². The molecule has 1 nitrogen and oxygen atoms in total. The zero-order valence-corrected chi connectivity index (χ0v) is 13.5. The number of hydrogen-bond donors (Lipinski definition) is 0. The van der Waals surface area contributed by atoms with Crippen molar-refractivity contribution in [1.29, 1.82) is 0 Å². The Labute approximate surface area is 128 Å². The van der Waals surface area contributed by atoms with Crippen molar-refractivity contribution < 1.29 is 9.18 Å². The Morgan fingerprint density at radius 1 is 1.00 bits per heavy atom. The van der Waals surface area contributed by atoms with Crippen LogP contribution in [0, 0.1) is 34.5 Å². The fourth-order valence-corrected chi connectivity index (χ4v) is 7.07. The van der Waals surface area contributed by atoms with E-state index < -0.39 is 6.17 Å². The van der Waals surface area contributed by atoms with Gasteiger partial charge in [-0.3, -0.25) is 4.79 Å². The van der Waals surface area contributed by atoms with Gasteiger partial charge in [0.15, 0.2) is 0 Å². The molecule has 0 aromatic heterocycles. The topological polar surface area (TPSA) is 17.1 Å². The highest BCUT2D eigenvalue weighted by molar-refractivity contribution is 5.87. The van der Waals surface area contributed by atoms with Crippen LogP contribution < -0.4 is 0 Å². The number of carbonyl (C=O) groups is 1. The van der Waals surface area contributed by atoms with E-state index in [2.05, 4.69) is 13.8 Å². The lowest BCUT2D eigenvalue weighted by atomic mass is 9.45. The van der Waals surface area contributed by atoms with Crippen LogP contribution in [0.15, 0.2) is 0 Å². The predicted octanol–water partition coefficient (Wildman–Crippen LogP) is 4.94. The van der Waals surface area contributed by atoms with Crippen LogP contribution in [0.4, 0.5) is 4.39 Å². The Morgan fingerprint density at radius 2 is 1.81 bits per heavy atom. The maximum Gasteiger partial charge on any atom is 0.139 e. The van der Waals surface area contributed by atoms with Crippen molar-refractivity contribution in [2.45, 2.75) is 77.8 Å². The summed E-state index contributed by atoms with van der Waals surface area (Å²) in [6.45, 7) is 4.57. The molecule has 0 heterocycles. The van der Waals surface area contributed by atoms with Gasteiger partial charge in [-0.25, -0.2) is 4.39 Å². The number of hydrogen-bond acceptors (Lipinski definition) is 1. The first-order valence-corrected chi connectivity index (χ1v) is 9.14. The van der Waals surface area contributed by atoms with Crippen molar-refractivity contribution in [3.63, 3.8) is 0 Å². The highest BCUT2D eigenvalue weighted by Crippen LogP contribution is 2.65. The van der Waals surface area contributed by atoms with Gasteiger partial charge >= 0.3 is 0 Å². The summed E-state index contributed by atoms with van der Waals surface area (Å²) in [6.07, 6.45) is 8.97. The summed E-state index contributed by atoms with van der Waals surface area (Å²) >= 11 is 0. The van der Waals surface area contributed by atoms with E-state index in [0.717, 1.165) is 32.1 Å². The minimum Gasteiger partial charge on any atom is -0.299 e. The third kappa shape index (κ3) is 1.77. The highest BCUT2D eigenvalue weighted by Gasteiger charge is 2.61. The quantitative estimate of drug-likeness (QED) is 0.618. The van der Waals surface area contributed by atoms with Crippen molar-refractivity contribution in [3.05, 3.63) is 0 Å². The molecule has 21 heavy (non-hydrogen) atoms. The van der Waals surface area contributed by atoms with Crippen molar-refractivity contribution in [1.82, 2.24) is 0 Å². The van der Waals surface area contributed by atoms with Crippen LogP contribution in [0.2, 0.25) is 0 Å². The fourth-order valence-electron chi connectivity index (χ4n) is 7.07. The molecule has 0 spiro atoms. The molecular weight excluding hydrogens is 263 g/mol. The summed E-state index contributed by atoms with van der Waals surface area (Å²) in [7, 11) is 0. The first kappa shape index (κ1) is 14.2. The number of fused-ring (bicyclic) bond motifs is 5. The minimum atomic E-state index is -0.616. The molecule has 118 valence electrons. The molecular formula is C19H29FO. The van der Waals surface area contributed by atoms with E-state index in [9.17, 15) is 9.18 Å². The monoisotopic (exact) mass is 292 g/mol. The van der Waals surface area contributed by atoms with Gasteiger partial charge in [0, 0.05) is 11.8 Å². The van der Waals surface area contributed by atoms with Crippen LogP contribution in [-0.2, 0) is 4.79 Å². The molecule has 7 atom stereocenters. The molecule has 0 amide bonds. The Balaban J connectivity index is 1.69. The molecule has 0 saturated heterocycles. The normalized spacial score (nSPS) is 56.5. The lowest BCUT2D eigenvalue weighted by Crippen LogP contribution is -2.56. The number of Topliss-reactive ketones (excluding diaryl/α,β-unsaturated/α-hetero) is 1. The van der Waals surface area contributed by atoms with Crippen LogP contribution in [0.1, 0.15) is 71.6 Å². The summed E-state index contributed by atoms with van der Waals surface area (Å²) < 4.78 is 14.9. The summed E-state index contributed by atoms with van der Waals surface area (Å²) in [6, 6.07) is 0. The van der Waals surface area contributed by atoms with Gasteiger partial charge in [-0.05, 0) is 67.6 Å². The number of alkyl halides is 1. The van der Waals surface area contributed by atoms with Gasteiger partial charge in [0.2, 0.25) is 0 Å². The van der Waals surface area contributed by atoms with Crippen molar-refractivity contribution in [2.75, 3.05) is 0 Å². The van der Waals surface area contributed by atoms with Crippen LogP contribution >= 0.6 is 0 Å². The predicted molar refractivity (Wildman–Crippen MR) is 81.6 cm³/mol. The summed E-state index contributed by atoms with van der Waals surface area (Å²) in [4.78, 5) is 12.4. The third-order valence-corrected chi connectivity index (χ3v) is 8.25. The second-order valence-electron chi connectivity index (χ2n) is 8.90. The summed E-state index contributed by atoms with van der Waals surface area (Å²) in [5, 5.41) is 0. The summed E-state index contributed by atoms with van der Waals surface area (Å²) in [5.74, 6) is 2.40. The van der Waals surface area contributed by atoms with Gasteiger partial charge in [0.05, 0.1) is 0 Å². The molecule has 4 rings (SSSR count). The molecule has 4 aliphatic rings. The van der Waals surface area contributed by atoms with Gasteiger partial charge in [-0.1, -0.05) is 26.7 Å². The maximum absolute atomic E-state index is 14.9. The van der Waals surface area contributed by atoms with Gasteiger partial charge in [0.25, 0.3) is 0 Å². The van der Waals surface area contributed by atoms with E-state index in [4.69, 9.17) is 0 Å². The number of rotatable bonds is 0.